The van der Waals surface area contributed by atoms with Crippen LogP contribution in [0.25, 0.3) is 10.4 Å². The number of hydrogen-bond donors (Lipinski definition) is 2. The fraction of sp³-hybridized carbons (Fsp3) is 0.212. The van der Waals surface area contributed by atoms with Gasteiger partial charge in [-0.1, -0.05) is 54.1 Å². The Kier molecular flexibility index (Phi) is 8.90. The van der Waals surface area contributed by atoms with Crippen molar-refractivity contribution in [2.75, 3.05) is 25.1 Å². The fourth-order valence-corrected chi connectivity index (χ4v) is 6.02. The normalized spacial score (nSPS) is 13.1. The standard InChI is InChI=1S/C33H31ClN6O3S/c1-35-33(42)28(15-22-7-11-25(34)12-8-22)38-32(41)27-3-2-4-29-31(27)43-14-13-39(29)19-26-16-36-20-40(26)18-23-5-9-24(10-6-23)30-17-37-21-44-30/h2-12,16-17,20-21,28H,13-15,18-19H2,1H3,(H,35,42)(H,38,41). The van der Waals surface area contributed by atoms with Crippen molar-refractivity contribution < 1.29 is 14.3 Å². The minimum absolute atomic E-state index is 0.285. The summed E-state index contributed by atoms with van der Waals surface area (Å²) in [5.74, 6) is -0.159. The monoisotopic (exact) mass is 626 g/mol. The quantitative estimate of drug-likeness (QED) is 0.221. The first-order valence-electron chi connectivity index (χ1n) is 14.2. The third-order valence-corrected chi connectivity index (χ3v) is 8.66. The van der Waals surface area contributed by atoms with Crippen molar-refractivity contribution in [3.63, 3.8) is 0 Å². The number of amides is 2. The Morgan fingerprint density at radius 3 is 2.55 bits per heavy atom. The molecule has 0 fully saturated rings. The number of likely N-dealkylation sites (N-methyl/N-ethyl adjacent to an activating group) is 1. The number of halogens is 1. The van der Waals surface area contributed by atoms with Crippen molar-refractivity contribution >= 4 is 40.4 Å². The molecule has 1 atom stereocenters. The fourth-order valence-electron chi connectivity index (χ4n) is 5.27. The van der Waals surface area contributed by atoms with Crippen molar-refractivity contribution in [3.8, 4) is 16.2 Å². The summed E-state index contributed by atoms with van der Waals surface area (Å²) in [4.78, 5) is 38.2. The molecular weight excluding hydrogens is 596 g/mol. The SMILES string of the molecule is CNC(=O)C(Cc1ccc(Cl)cc1)NC(=O)c1cccc2c1OCCN2Cc1cncn1Cc1ccc(-c2cncs2)cc1. The Balaban J connectivity index is 1.17. The highest BCUT2D eigenvalue weighted by molar-refractivity contribution is 7.13. The number of carbonyl (C=O) groups is 2. The van der Waals surface area contributed by atoms with Gasteiger partial charge in [0.25, 0.3) is 5.91 Å². The predicted octanol–water partition coefficient (Wildman–Crippen LogP) is 5.19. The number of aromatic nitrogens is 3. The van der Waals surface area contributed by atoms with E-state index in [-0.39, 0.29) is 11.8 Å². The van der Waals surface area contributed by atoms with Crippen LogP contribution in [0.1, 0.15) is 27.2 Å². The van der Waals surface area contributed by atoms with Gasteiger partial charge in [-0.3, -0.25) is 14.6 Å². The minimum atomic E-state index is -0.769. The summed E-state index contributed by atoms with van der Waals surface area (Å²) in [5, 5.41) is 6.16. The van der Waals surface area contributed by atoms with E-state index in [2.05, 4.69) is 54.3 Å². The average molecular weight is 627 g/mol. The van der Waals surface area contributed by atoms with E-state index >= 15 is 0 Å². The van der Waals surface area contributed by atoms with E-state index in [1.807, 2.05) is 48.5 Å². The van der Waals surface area contributed by atoms with Gasteiger partial charge in [0.2, 0.25) is 5.91 Å². The lowest BCUT2D eigenvalue weighted by molar-refractivity contribution is -0.122. The van der Waals surface area contributed by atoms with Gasteiger partial charge in [-0.15, -0.1) is 11.3 Å². The third-order valence-electron chi connectivity index (χ3n) is 7.58. The van der Waals surface area contributed by atoms with Crippen LogP contribution >= 0.6 is 22.9 Å². The van der Waals surface area contributed by atoms with Gasteiger partial charge in [-0.2, -0.15) is 0 Å². The highest BCUT2D eigenvalue weighted by atomic mass is 35.5. The van der Waals surface area contributed by atoms with E-state index in [9.17, 15) is 9.59 Å². The molecule has 44 heavy (non-hydrogen) atoms. The average Bonchev–Trinajstić information content (AvgIpc) is 3.74. The summed E-state index contributed by atoms with van der Waals surface area (Å²) in [6.45, 7) is 2.36. The number of rotatable bonds is 10. The highest BCUT2D eigenvalue weighted by Crippen LogP contribution is 2.36. The second kappa shape index (κ2) is 13.3. The molecule has 1 aliphatic heterocycles. The zero-order chi connectivity index (χ0) is 30.5. The number of benzene rings is 3. The van der Waals surface area contributed by atoms with Crippen molar-refractivity contribution in [2.45, 2.75) is 25.6 Å². The van der Waals surface area contributed by atoms with Gasteiger partial charge in [0.1, 0.15) is 12.6 Å². The van der Waals surface area contributed by atoms with E-state index in [0.717, 1.165) is 27.4 Å². The van der Waals surface area contributed by atoms with Gasteiger partial charge in [0.15, 0.2) is 5.75 Å². The number of imidazole rings is 1. The van der Waals surface area contributed by atoms with Crippen LogP contribution in [-0.2, 0) is 24.3 Å². The molecule has 3 aromatic carbocycles. The number of carbonyl (C=O) groups excluding carboxylic acids is 2. The highest BCUT2D eigenvalue weighted by Gasteiger charge is 2.27. The van der Waals surface area contributed by atoms with Crippen LogP contribution in [0.2, 0.25) is 5.02 Å². The van der Waals surface area contributed by atoms with Crippen molar-refractivity contribution in [2.24, 2.45) is 0 Å². The van der Waals surface area contributed by atoms with Crippen LogP contribution in [0.3, 0.4) is 0 Å². The number of nitrogens with one attached hydrogen (secondary N) is 2. The Labute approximate surface area is 264 Å². The van der Waals surface area contributed by atoms with E-state index in [1.165, 1.54) is 5.56 Å². The summed E-state index contributed by atoms with van der Waals surface area (Å²) < 4.78 is 8.19. The van der Waals surface area contributed by atoms with Crippen LogP contribution in [-0.4, -0.2) is 52.6 Å². The largest absolute Gasteiger partial charge is 0.489 e. The number of thiazole rings is 1. The number of hydrogen-bond acceptors (Lipinski definition) is 7. The van der Waals surface area contributed by atoms with E-state index in [4.69, 9.17) is 16.3 Å². The zero-order valence-corrected chi connectivity index (χ0v) is 25.6. The van der Waals surface area contributed by atoms with Crippen LogP contribution in [0.4, 0.5) is 5.69 Å². The van der Waals surface area contributed by atoms with E-state index < -0.39 is 6.04 Å². The molecule has 2 N–H and O–H groups in total. The van der Waals surface area contributed by atoms with Gasteiger partial charge in [0.05, 0.1) is 46.7 Å². The van der Waals surface area contributed by atoms with Gasteiger partial charge < -0.3 is 24.8 Å². The molecule has 3 heterocycles. The third kappa shape index (κ3) is 6.61. The van der Waals surface area contributed by atoms with E-state index in [0.29, 0.717) is 49.0 Å². The molecule has 0 bridgehead atoms. The summed E-state index contributed by atoms with van der Waals surface area (Å²) in [5.41, 5.74) is 7.29. The molecule has 9 nitrogen and oxygen atoms in total. The topological polar surface area (TPSA) is 101 Å². The molecule has 1 aliphatic rings. The lowest BCUT2D eigenvalue weighted by Gasteiger charge is -2.32. The molecule has 11 heteroatoms. The molecule has 0 spiro atoms. The summed E-state index contributed by atoms with van der Waals surface area (Å²) in [6.07, 6.45) is 5.92. The van der Waals surface area contributed by atoms with Crippen LogP contribution < -0.4 is 20.3 Å². The van der Waals surface area contributed by atoms with Gasteiger partial charge in [0, 0.05) is 37.4 Å². The molecule has 0 saturated heterocycles. The Morgan fingerprint density at radius 2 is 1.80 bits per heavy atom. The first kappa shape index (κ1) is 29.4. The second-order valence-electron chi connectivity index (χ2n) is 10.5. The molecule has 6 rings (SSSR count). The number of nitrogens with zero attached hydrogens (tertiary/aromatic N) is 4. The number of para-hydroxylation sites is 1. The first-order valence-corrected chi connectivity index (χ1v) is 15.5. The molecule has 0 aliphatic carbocycles. The molecule has 0 radical (unpaired) electrons. The van der Waals surface area contributed by atoms with Gasteiger partial charge in [-0.05, 0) is 41.0 Å². The van der Waals surface area contributed by atoms with Crippen molar-refractivity contribution in [1.29, 1.82) is 0 Å². The molecular formula is C33H31ClN6O3S. The van der Waals surface area contributed by atoms with Gasteiger partial charge >= 0.3 is 0 Å². The maximum absolute atomic E-state index is 13.5. The number of fused-ring (bicyclic) bond motifs is 1. The molecule has 2 aromatic heterocycles. The maximum atomic E-state index is 13.5. The van der Waals surface area contributed by atoms with E-state index in [1.54, 1.807) is 36.6 Å². The lowest BCUT2D eigenvalue weighted by Crippen LogP contribution is -2.47. The lowest BCUT2D eigenvalue weighted by atomic mass is 10.0. The Bertz CT molecular complexity index is 1740. The van der Waals surface area contributed by atoms with Crippen LogP contribution in [0.15, 0.2) is 91.0 Å². The maximum Gasteiger partial charge on any atom is 0.255 e. The minimum Gasteiger partial charge on any atom is -0.489 e. The number of anilines is 1. The van der Waals surface area contributed by atoms with Crippen molar-refractivity contribution in [1.82, 2.24) is 25.2 Å². The summed E-state index contributed by atoms with van der Waals surface area (Å²) in [7, 11) is 1.55. The zero-order valence-electron chi connectivity index (χ0n) is 24.1. The first-order chi connectivity index (χ1) is 21.5. The Hall–Kier alpha value is -4.67. The predicted molar refractivity (Wildman–Crippen MR) is 172 cm³/mol. The number of ether oxygens (including phenoxy) is 1. The van der Waals surface area contributed by atoms with Crippen molar-refractivity contribution in [3.05, 3.63) is 118 Å². The van der Waals surface area contributed by atoms with Crippen LogP contribution in [0.5, 0.6) is 5.75 Å². The van der Waals surface area contributed by atoms with Gasteiger partial charge in [-0.25, -0.2) is 4.98 Å². The molecule has 1 unspecified atom stereocenters. The summed E-state index contributed by atoms with van der Waals surface area (Å²) in [6, 6.07) is 20.5. The summed E-state index contributed by atoms with van der Waals surface area (Å²) >= 11 is 7.64. The second-order valence-corrected chi connectivity index (χ2v) is 11.8. The van der Waals surface area contributed by atoms with Crippen LogP contribution in [0, 0.1) is 0 Å². The smallest absolute Gasteiger partial charge is 0.255 e. The molecule has 224 valence electrons. The Morgan fingerprint density at radius 1 is 1.00 bits per heavy atom. The molecule has 2 amide bonds. The molecule has 0 saturated carbocycles. The molecule has 5 aromatic rings.